The summed E-state index contributed by atoms with van der Waals surface area (Å²) in [7, 11) is 0. The van der Waals surface area contributed by atoms with Gasteiger partial charge >= 0.3 is 6.43 Å². The van der Waals surface area contributed by atoms with Crippen LogP contribution in [0.5, 0.6) is 0 Å². The van der Waals surface area contributed by atoms with E-state index < -0.39 is 12.3 Å². The molecule has 0 radical (unpaired) electrons. The summed E-state index contributed by atoms with van der Waals surface area (Å²) in [5.74, 6) is -0.504. The fourth-order valence-electron chi connectivity index (χ4n) is 3.31. The predicted molar refractivity (Wildman–Crippen MR) is 121 cm³/mol. The van der Waals surface area contributed by atoms with Gasteiger partial charge in [0, 0.05) is 22.4 Å². The second-order valence-corrected chi connectivity index (χ2v) is 7.49. The Kier molecular flexibility index (Phi) is 6.03. The molecule has 2 aromatic heterocycles. The van der Waals surface area contributed by atoms with E-state index in [1.165, 1.54) is 4.80 Å². The van der Waals surface area contributed by atoms with Gasteiger partial charge in [-0.1, -0.05) is 42.5 Å². The van der Waals surface area contributed by atoms with Crippen LogP contribution in [0.2, 0.25) is 0 Å². The first kappa shape index (κ1) is 22.0. The fourth-order valence-corrected chi connectivity index (χ4v) is 3.31. The van der Waals surface area contributed by atoms with E-state index in [4.69, 9.17) is 4.42 Å². The van der Waals surface area contributed by atoms with E-state index in [0.29, 0.717) is 34.7 Å². The number of carbonyl (C=O) groups is 1. The minimum absolute atomic E-state index is 0.0206. The maximum absolute atomic E-state index is 12.6. The van der Waals surface area contributed by atoms with E-state index in [0.717, 1.165) is 5.56 Å². The number of tetrazole rings is 1. The van der Waals surface area contributed by atoms with E-state index in [-0.39, 0.29) is 11.8 Å². The largest absolute Gasteiger partial charge is 0.415 e. The third-order valence-electron chi connectivity index (χ3n) is 5.02. The lowest BCUT2D eigenvalue weighted by molar-refractivity contribution is 0.102. The molecule has 0 aliphatic rings. The first-order valence-corrected chi connectivity index (χ1v) is 10.5. The Morgan fingerprint density at radius 3 is 2.46 bits per heavy atom. The van der Waals surface area contributed by atoms with Crippen LogP contribution in [0.4, 0.5) is 14.5 Å². The Bertz CT molecular complexity index is 1450. The molecule has 0 atom stereocenters. The van der Waals surface area contributed by atoms with E-state index in [1.807, 2.05) is 12.1 Å². The van der Waals surface area contributed by atoms with Crippen LogP contribution in [0.15, 0.2) is 83.3 Å². The van der Waals surface area contributed by atoms with Crippen molar-refractivity contribution in [1.82, 2.24) is 30.4 Å². The van der Waals surface area contributed by atoms with Crippen molar-refractivity contribution in [2.45, 2.75) is 13.0 Å². The van der Waals surface area contributed by atoms with Gasteiger partial charge in [0.05, 0.1) is 6.54 Å². The summed E-state index contributed by atoms with van der Waals surface area (Å²) in [5, 5.41) is 22.4. The number of amides is 1. The molecule has 35 heavy (non-hydrogen) atoms. The van der Waals surface area contributed by atoms with Crippen molar-refractivity contribution >= 4 is 11.6 Å². The van der Waals surface area contributed by atoms with Crippen molar-refractivity contribution in [2.75, 3.05) is 5.32 Å². The minimum atomic E-state index is -2.82. The molecule has 0 bridgehead atoms. The first-order chi connectivity index (χ1) is 17.0. The molecule has 9 nitrogen and oxygen atoms in total. The van der Waals surface area contributed by atoms with E-state index >= 15 is 0 Å². The van der Waals surface area contributed by atoms with Crippen LogP contribution in [-0.4, -0.2) is 36.3 Å². The standard InChI is InChI=1S/C24H17F2N7O2/c25-20(26)24-30-29-23(35-24)17-11-9-15(10-12-17)14-33-31-21(28-32-33)18-7-4-8-19(13-18)27-22(34)16-5-2-1-3-6-16/h1-13,20H,14H2,(H,27,34). The summed E-state index contributed by atoms with van der Waals surface area (Å²) in [6, 6.07) is 23.0. The van der Waals surface area contributed by atoms with Gasteiger partial charge in [-0.3, -0.25) is 4.79 Å². The lowest BCUT2D eigenvalue weighted by Crippen LogP contribution is -2.11. The van der Waals surface area contributed by atoms with Gasteiger partial charge in [0.15, 0.2) is 0 Å². The van der Waals surface area contributed by atoms with Crippen LogP contribution in [-0.2, 0) is 6.54 Å². The summed E-state index contributed by atoms with van der Waals surface area (Å²) in [5.41, 5.74) is 3.24. The van der Waals surface area contributed by atoms with Gasteiger partial charge in [0.25, 0.3) is 11.8 Å². The summed E-state index contributed by atoms with van der Waals surface area (Å²) >= 11 is 0. The Morgan fingerprint density at radius 1 is 0.914 bits per heavy atom. The molecule has 174 valence electrons. The average Bonchev–Trinajstić information content (AvgIpc) is 3.56. The normalized spacial score (nSPS) is 11.1. The van der Waals surface area contributed by atoms with E-state index in [9.17, 15) is 13.6 Å². The third kappa shape index (κ3) is 5.08. The highest BCUT2D eigenvalue weighted by atomic mass is 19.3. The number of anilines is 1. The zero-order valence-electron chi connectivity index (χ0n) is 18.0. The van der Waals surface area contributed by atoms with Gasteiger partial charge in [-0.05, 0) is 47.2 Å². The van der Waals surface area contributed by atoms with Gasteiger partial charge in [-0.2, -0.15) is 13.6 Å². The number of rotatable bonds is 7. The SMILES string of the molecule is O=C(Nc1cccc(-c2nnn(Cc3ccc(-c4nnc(C(F)F)o4)cc3)n2)c1)c1ccccc1. The van der Waals surface area contributed by atoms with Gasteiger partial charge in [0.1, 0.15) is 0 Å². The van der Waals surface area contributed by atoms with Crippen LogP contribution in [0.25, 0.3) is 22.8 Å². The van der Waals surface area contributed by atoms with Crippen LogP contribution in [0, 0.1) is 0 Å². The smallest absolute Gasteiger partial charge is 0.314 e. The summed E-state index contributed by atoms with van der Waals surface area (Å²) in [6.45, 7) is 0.337. The number of aromatic nitrogens is 6. The highest BCUT2D eigenvalue weighted by Crippen LogP contribution is 2.24. The van der Waals surface area contributed by atoms with E-state index in [2.05, 4.69) is 30.9 Å². The Morgan fingerprint density at radius 2 is 1.71 bits per heavy atom. The summed E-state index contributed by atoms with van der Waals surface area (Å²) < 4.78 is 30.2. The molecule has 0 saturated heterocycles. The molecule has 0 spiro atoms. The Labute approximate surface area is 197 Å². The van der Waals surface area contributed by atoms with Gasteiger partial charge in [-0.15, -0.1) is 20.4 Å². The number of hydrogen-bond donors (Lipinski definition) is 1. The Balaban J connectivity index is 1.26. The number of carbonyl (C=O) groups excluding carboxylic acids is 1. The number of benzene rings is 3. The van der Waals surface area contributed by atoms with Crippen LogP contribution < -0.4 is 5.32 Å². The van der Waals surface area contributed by atoms with Gasteiger partial charge < -0.3 is 9.73 Å². The zero-order valence-corrected chi connectivity index (χ0v) is 18.0. The third-order valence-corrected chi connectivity index (χ3v) is 5.02. The maximum atomic E-state index is 12.6. The molecule has 0 unspecified atom stereocenters. The molecular formula is C24H17F2N7O2. The van der Waals surface area contributed by atoms with Gasteiger partial charge in [-0.25, -0.2) is 0 Å². The summed E-state index contributed by atoms with van der Waals surface area (Å²) in [4.78, 5) is 13.8. The molecule has 5 aromatic rings. The highest BCUT2D eigenvalue weighted by Gasteiger charge is 2.17. The van der Waals surface area contributed by atoms with Crippen molar-refractivity contribution in [3.05, 3.63) is 95.9 Å². The van der Waals surface area contributed by atoms with Crippen molar-refractivity contribution in [3.8, 4) is 22.8 Å². The number of hydrogen-bond acceptors (Lipinski definition) is 7. The van der Waals surface area contributed by atoms with Crippen molar-refractivity contribution in [1.29, 1.82) is 0 Å². The summed E-state index contributed by atoms with van der Waals surface area (Å²) in [6.07, 6.45) is -2.82. The lowest BCUT2D eigenvalue weighted by Gasteiger charge is -2.06. The second kappa shape index (κ2) is 9.59. The Hall–Kier alpha value is -4.80. The van der Waals surface area contributed by atoms with Crippen molar-refractivity contribution in [2.24, 2.45) is 0 Å². The number of halogens is 2. The average molecular weight is 473 g/mol. The fraction of sp³-hybridized carbons (Fsp3) is 0.0833. The van der Waals surface area contributed by atoms with Crippen LogP contribution in [0.3, 0.4) is 0 Å². The van der Waals surface area contributed by atoms with Crippen molar-refractivity contribution < 1.29 is 18.0 Å². The van der Waals surface area contributed by atoms with Gasteiger partial charge in [0.2, 0.25) is 11.7 Å². The van der Waals surface area contributed by atoms with Crippen LogP contribution >= 0.6 is 0 Å². The molecular weight excluding hydrogens is 456 g/mol. The monoisotopic (exact) mass is 473 g/mol. The maximum Gasteiger partial charge on any atom is 0.314 e. The molecule has 0 fully saturated rings. The molecule has 11 heteroatoms. The van der Waals surface area contributed by atoms with E-state index in [1.54, 1.807) is 66.7 Å². The molecule has 0 saturated carbocycles. The zero-order chi connectivity index (χ0) is 24.2. The second-order valence-electron chi connectivity index (χ2n) is 7.49. The van der Waals surface area contributed by atoms with Crippen LogP contribution in [0.1, 0.15) is 28.2 Å². The number of alkyl halides is 2. The molecule has 0 aliphatic heterocycles. The number of nitrogens with zero attached hydrogens (tertiary/aromatic N) is 6. The highest BCUT2D eigenvalue weighted by molar-refractivity contribution is 6.04. The predicted octanol–water partition coefficient (Wildman–Crippen LogP) is 4.63. The van der Waals surface area contributed by atoms with Crippen molar-refractivity contribution in [3.63, 3.8) is 0 Å². The molecule has 2 heterocycles. The molecule has 0 aliphatic carbocycles. The molecule has 1 N–H and O–H groups in total. The molecule has 5 rings (SSSR count). The minimum Gasteiger partial charge on any atom is -0.415 e. The first-order valence-electron chi connectivity index (χ1n) is 10.5. The molecule has 1 amide bonds. The number of nitrogens with one attached hydrogen (secondary N) is 1. The quantitative estimate of drug-likeness (QED) is 0.367. The topological polar surface area (TPSA) is 112 Å². The lowest BCUT2D eigenvalue weighted by atomic mass is 10.1. The molecule has 3 aromatic carbocycles.